The number of carbonyl (C=O) groups is 1. The molecule has 0 unspecified atom stereocenters. The predicted octanol–water partition coefficient (Wildman–Crippen LogP) is 1.29. The zero-order valence-corrected chi connectivity index (χ0v) is 9.31. The van der Waals surface area contributed by atoms with Crippen LogP contribution in [-0.2, 0) is 4.79 Å². The van der Waals surface area contributed by atoms with Crippen molar-refractivity contribution in [3.8, 4) is 0 Å². The highest BCUT2D eigenvalue weighted by Gasteiger charge is 2.19. The molecular formula is C11H22N2O. The van der Waals surface area contributed by atoms with Crippen LogP contribution in [0.5, 0.6) is 0 Å². The number of carbonyl (C=O) groups excluding carboxylic acids is 1. The molecular weight excluding hydrogens is 176 g/mol. The van der Waals surface area contributed by atoms with E-state index in [0.717, 1.165) is 32.0 Å². The molecule has 0 aromatic carbocycles. The molecule has 0 atom stereocenters. The molecule has 82 valence electrons. The van der Waals surface area contributed by atoms with Gasteiger partial charge in [0.2, 0.25) is 5.91 Å². The number of hydrogen-bond donors (Lipinski definition) is 2. The summed E-state index contributed by atoms with van der Waals surface area (Å²) in [6, 6.07) is 0.736. The highest BCUT2D eigenvalue weighted by atomic mass is 16.1. The Morgan fingerprint density at radius 3 is 2.43 bits per heavy atom. The average molecular weight is 198 g/mol. The molecule has 1 aliphatic rings. The minimum atomic E-state index is 0.205. The van der Waals surface area contributed by atoms with Crippen molar-refractivity contribution in [3.05, 3.63) is 0 Å². The van der Waals surface area contributed by atoms with E-state index in [0.29, 0.717) is 0 Å². The van der Waals surface area contributed by atoms with Crippen molar-refractivity contribution >= 4 is 5.91 Å². The third-order valence-electron chi connectivity index (χ3n) is 2.79. The van der Waals surface area contributed by atoms with Crippen LogP contribution >= 0.6 is 0 Å². The van der Waals surface area contributed by atoms with E-state index in [-0.39, 0.29) is 11.8 Å². The fourth-order valence-corrected chi connectivity index (χ4v) is 1.55. The lowest BCUT2D eigenvalue weighted by Gasteiger charge is -2.12. The van der Waals surface area contributed by atoms with Crippen LogP contribution in [0.4, 0.5) is 0 Å². The van der Waals surface area contributed by atoms with Crippen molar-refractivity contribution in [3.63, 3.8) is 0 Å². The van der Waals surface area contributed by atoms with E-state index in [9.17, 15) is 4.79 Å². The Morgan fingerprint density at radius 2 is 1.93 bits per heavy atom. The largest absolute Gasteiger partial charge is 0.355 e. The van der Waals surface area contributed by atoms with Crippen molar-refractivity contribution < 1.29 is 4.79 Å². The molecule has 0 heterocycles. The van der Waals surface area contributed by atoms with Gasteiger partial charge in [-0.05, 0) is 25.7 Å². The Hall–Kier alpha value is -0.570. The zero-order chi connectivity index (χ0) is 10.4. The summed E-state index contributed by atoms with van der Waals surface area (Å²) in [6.07, 6.45) is 4.50. The fraction of sp³-hybridized carbons (Fsp3) is 0.909. The van der Waals surface area contributed by atoms with Gasteiger partial charge in [-0.15, -0.1) is 0 Å². The van der Waals surface area contributed by atoms with E-state index in [1.165, 1.54) is 12.8 Å². The van der Waals surface area contributed by atoms with Gasteiger partial charge in [0.1, 0.15) is 0 Å². The molecule has 14 heavy (non-hydrogen) atoms. The van der Waals surface area contributed by atoms with Crippen LogP contribution in [-0.4, -0.2) is 25.0 Å². The SMILES string of the molecule is CCC(CC)C(=O)NCCNC1CC1. The smallest absolute Gasteiger partial charge is 0.223 e. The lowest BCUT2D eigenvalue weighted by Crippen LogP contribution is -2.36. The molecule has 0 aliphatic heterocycles. The van der Waals surface area contributed by atoms with E-state index in [1.807, 2.05) is 0 Å². The Kier molecular flexibility index (Phi) is 4.94. The van der Waals surface area contributed by atoms with Crippen molar-refractivity contribution in [2.24, 2.45) is 5.92 Å². The second kappa shape index (κ2) is 6.02. The standard InChI is InChI=1S/C11H22N2O/c1-3-9(4-2)11(14)13-8-7-12-10-5-6-10/h9-10,12H,3-8H2,1-2H3,(H,13,14). The number of rotatable bonds is 7. The van der Waals surface area contributed by atoms with Crippen LogP contribution in [0.1, 0.15) is 39.5 Å². The molecule has 0 spiro atoms. The fourth-order valence-electron chi connectivity index (χ4n) is 1.55. The summed E-state index contributed by atoms with van der Waals surface area (Å²) in [4.78, 5) is 11.5. The molecule has 1 fully saturated rings. The Labute approximate surface area is 86.6 Å². The Morgan fingerprint density at radius 1 is 1.29 bits per heavy atom. The maximum Gasteiger partial charge on any atom is 0.223 e. The average Bonchev–Trinajstić information content (AvgIpc) is 2.98. The molecule has 2 N–H and O–H groups in total. The molecule has 1 saturated carbocycles. The molecule has 3 nitrogen and oxygen atoms in total. The quantitative estimate of drug-likeness (QED) is 0.605. The summed E-state index contributed by atoms with van der Waals surface area (Å²) in [5, 5.41) is 6.34. The minimum absolute atomic E-state index is 0.205. The highest BCUT2D eigenvalue weighted by Crippen LogP contribution is 2.17. The predicted molar refractivity (Wildman–Crippen MR) is 58.1 cm³/mol. The molecule has 0 saturated heterocycles. The van der Waals surface area contributed by atoms with Crippen LogP contribution < -0.4 is 10.6 Å². The van der Waals surface area contributed by atoms with Crippen LogP contribution in [0, 0.1) is 5.92 Å². The number of nitrogens with one attached hydrogen (secondary N) is 2. The lowest BCUT2D eigenvalue weighted by atomic mass is 10.0. The van der Waals surface area contributed by atoms with Crippen molar-refractivity contribution in [1.82, 2.24) is 10.6 Å². The lowest BCUT2D eigenvalue weighted by molar-refractivity contribution is -0.125. The summed E-state index contributed by atoms with van der Waals surface area (Å²) < 4.78 is 0. The second-order valence-electron chi connectivity index (χ2n) is 4.03. The maximum atomic E-state index is 11.5. The summed E-state index contributed by atoms with van der Waals surface area (Å²) in [6.45, 7) is 5.81. The zero-order valence-electron chi connectivity index (χ0n) is 9.31. The van der Waals surface area contributed by atoms with Gasteiger partial charge in [-0.1, -0.05) is 13.8 Å². The molecule has 0 aromatic rings. The normalized spacial score (nSPS) is 15.9. The van der Waals surface area contributed by atoms with Gasteiger partial charge in [0.05, 0.1) is 0 Å². The summed E-state index contributed by atoms with van der Waals surface area (Å²) >= 11 is 0. The molecule has 3 heteroatoms. The summed E-state index contributed by atoms with van der Waals surface area (Å²) in [5.41, 5.74) is 0. The first kappa shape index (κ1) is 11.5. The van der Waals surface area contributed by atoms with E-state index >= 15 is 0 Å². The Balaban J connectivity index is 2.00. The monoisotopic (exact) mass is 198 g/mol. The molecule has 0 radical (unpaired) electrons. The van der Waals surface area contributed by atoms with Crippen LogP contribution in [0.3, 0.4) is 0 Å². The number of amides is 1. The van der Waals surface area contributed by atoms with Crippen molar-refractivity contribution in [1.29, 1.82) is 0 Å². The third-order valence-corrected chi connectivity index (χ3v) is 2.79. The van der Waals surface area contributed by atoms with E-state index < -0.39 is 0 Å². The molecule has 1 amide bonds. The van der Waals surface area contributed by atoms with Crippen molar-refractivity contribution in [2.75, 3.05) is 13.1 Å². The first-order valence-corrected chi connectivity index (χ1v) is 5.79. The minimum Gasteiger partial charge on any atom is -0.355 e. The molecule has 1 aliphatic carbocycles. The van der Waals surface area contributed by atoms with E-state index in [1.54, 1.807) is 0 Å². The second-order valence-corrected chi connectivity index (χ2v) is 4.03. The summed E-state index contributed by atoms with van der Waals surface area (Å²) in [5.74, 6) is 0.420. The van der Waals surface area contributed by atoms with Gasteiger partial charge in [0.25, 0.3) is 0 Å². The van der Waals surface area contributed by atoms with Gasteiger partial charge >= 0.3 is 0 Å². The van der Waals surface area contributed by atoms with Gasteiger partial charge < -0.3 is 10.6 Å². The van der Waals surface area contributed by atoms with Gasteiger partial charge in [-0.3, -0.25) is 4.79 Å². The topological polar surface area (TPSA) is 41.1 Å². The van der Waals surface area contributed by atoms with Gasteiger partial charge in [0, 0.05) is 25.0 Å². The van der Waals surface area contributed by atoms with E-state index in [2.05, 4.69) is 24.5 Å². The first-order valence-electron chi connectivity index (χ1n) is 5.79. The highest BCUT2D eigenvalue weighted by molar-refractivity contribution is 5.78. The van der Waals surface area contributed by atoms with Gasteiger partial charge in [-0.25, -0.2) is 0 Å². The molecule has 0 bridgehead atoms. The number of hydrogen-bond acceptors (Lipinski definition) is 2. The van der Waals surface area contributed by atoms with E-state index in [4.69, 9.17) is 0 Å². The summed E-state index contributed by atoms with van der Waals surface area (Å²) in [7, 11) is 0. The maximum absolute atomic E-state index is 11.5. The van der Waals surface area contributed by atoms with Crippen molar-refractivity contribution in [2.45, 2.75) is 45.6 Å². The van der Waals surface area contributed by atoms with Crippen LogP contribution in [0.2, 0.25) is 0 Å². The van der Waals surface area contributed by atoms with Gasteiger partial charge in [-0.2, -0.15) is 0 Å². The first-order chi connectivity index (χ1) is 6.77. The van der Waals surface area contributed by atoms with Gasteiger partial charge in [0.15, 0.2) is 0 Å². The Bertz CT molecular complexity index is 174. The van der Waals surface area contributed by atoms with Crippen LogP contribution in [0.25, 0.3) is 0 Å². The third kappa shape index (κ3) is 4.09. The molecule has 1 rings (SSSR count). The van der Waals surface area contributed by atoms with Crippen LogP contribution in [0.15, 0.2) is 0 Å². The molecule has 0 aromatic heterocycles.